The van der Waals surface area contributed by atoms with E-state index in [1.807, 2.05) is 0 Å². The molecule has 0 bridgehead atoms. The number of nitro benzene ring substituents is 1. The lowest BCUT2D eigenvalue weighted by Gasteiger charge is -2.11. The van der Waals surface area contributed by atoms with Gasteiger partial charge in [-0.25, -0.2) is 13.1 Å². The van der Waals surface area contributed by atoms with Gasteiger partial charge in [-0.1, -0.05) is 6.08 Å². The van der Waals surface area contributed by atoms with Gasteiger partial charge in [0.1, 0.15) is 0 Å². The maximum absolute atomic E-state index is 13.5. The van der Waals surface area contributed by atoms with Gasteiger partial charge < -0.3 is 0 Å². The highest BCUT2D eigenvalue weighted by molar-refractivity contribution is 7.89. The van der Waals surface area contributed by atoms with E-state index in [1.54, 1.807) is 6.92 Å². The number of nitro groups is 1. The van der Waals surface area contributed by atoms with Crippen LogP contribution in [0, 0.1) is 22.9 Å². The van der Waals surface area contributed by atoms with E-state index in [0.29, 0.717) is 6.07 Å². The fourth-order valence-corrected chi connectivity index (χ4v) is 2.69. The standard InChI is InChI=1S/C11H13FN2O4S/c1-4-8(3)13-19(17,18)9-5-7(2)11(12)10(6-9)14(15)16/h4-6,8,13H,1H2,2-3H3. The molecule has 0 aromatic heterocycles. The molecule has 1 aromatic rings. The van der Waals surface area contributed by atoms with Gasteiger partial charge in [0.05, 0.1) is 9.82 Å². The van der Waals surface area contributed by atoms with Crippen molar-refractivity contribution in [3.8, 4) is 0 Å². The van der Waals surface area contributed by atoms with Gasteiger partial charge in [-0.15, -0.1) is 6.58 Å². The fourth-order valence-electron chi connectivity index (χ4n) is 1.37. The average molecular weight is 288 g/mol. The first-order chi connectivity index (χ1) is 8.69. The van der Waals surface area contributed by atoms with E-state index in [2.05, 4.69) is 11.3 Å². The molecule has 0 heterocycles. The minimum atomic E-state index is -3.96. The molecule has 1 atom stereocenters. The lowest BCUT2D eigenvalue weighted by Crippen LogP contribution is -2.31. The van der Waals surface area contributed by atoms with Gasteiger partial charge >= 0.3 is 5.69 Å². The molecule has 104 valence electrons. The van der Waals surface area contributed by atoms with E-state index in [9.17, 15) is 22.9 Å². The molecule has 6 nitrogen and oxygen atoms in total. The largest absolute Gasteiger partial charge is 0.306 e. The first kappa shape index (κ1) is 15.3. The molecular formula is C11H13FN2O4S. The van der Waals surface area contributed by atoms with E-state index >= 15 is 0 Å². The first-order valence-electron chi connectivity index (χ1n) is 5.28. The molecule has 1 aromatic carbocycles. The Morgan fingerprint density at radius 1 is 1.53 bits per heavy atom. The molecule has 1 unspecified atom stereocenters. The van der Waals surface area contributed by atoms with Gasteiger partial charge in [-0.05, 0) is 25.5 Å². The Hall–Kier alpha value is -1.80. The third kappa shape index (κ3) is 3.36. The second kappa shape index (κ2) is 5.45. The van der Waals surface area contributed by atoms with E-state index in [1.165, 1.54) is 13.0 Å². The maximum atomic E-state index is 13.5. The normalized spacial score (nSPS) is 13.0. The zero-order chi connectivity index (χ0) is 14.8. The molecule has 0 spiro atoms. The summed E-state index contributed by atoms with van der Waals surface area (Å²) >= 11 is 0. The number of halogens is 1. The molecule has 0 radical (unpaired) electrons. The Labute approximate surface area is 110 Å². The number of benzene rings is 1. The predicted octanol–water partition coefficient (Wildman–Crippen LogP) is 1.90. The molecule has 1 rings (SSSR count). The molecule has 0 saturated carbocycles. The van der Waals surface area contributed by atoms with Crippen molar-refractivity contribution >= 4 is 15.7 Å². The second-order valence-electron chi connectivity index (χ2n) is 3.98. The van der Waals surface area contributed by atoms with E-state index in [4.69, 9.17) is 0 Å². The third-order valence-corrected chi connectivity index (χ3v) is 3.95. The van der Waals surface area contributed by atoms with Crippen LogP contribution in [-0.2, 0) is 10.0 Å². The highest BCUT2D eigenvalue weighted by Crippen LogP contribution is 2.25. The van der Waals surface area contributed by atoms with Crippen molar-refractivity contribution in [2.75, 3.05) is 0 Å². The monoisotopic (exact) mass is 288 g/mol. The van der Waals surface area contributed by atoms with Crippen LogP contribution in [0.3, 0.4) is 0 Å². The number of hydrogen-bond donors (Lipinski definition) is 1. The highest BCUT2D eigenvalue weighted by atomic mass is 32.2. The molecule has 0 saturated heterocycles. The van der Waals surface area contributed by atoms with Crippen LogP contribution in [-0.4, -0.2) is 19.4 Å². The fraction of sp³-hybridized carbons (Fsp3) is 0.273. The lowest BCUT2D eigenvalue weighted by atomic mass is 10.2. The second-order valence-corrected chi connectivity index (χ2v) is 5.69. The minimum Gasteiger partial charge on any atom is -0.258 e. The van der Waals surface area contributed by atoms with Crippen molar-refractivity contribution < 1.29 is 17.7 Å². The molecule has 0 aliphatic rings. The van der Waals surface area contributed by atoms with Crippen molar-refractivity contribution in [1.29, 1.82) is 0 Å². The Kier molecular flexibility index (Phi) is 4.38. The lowest BCUT2D eigenvalue weighted by molar-refractivity contribution is -0.387. The smallest absolute Gasteiger partial charge is 0.258 e. The summed E-state index contributed by atoms with van der Waals surface area (Å²) in [6.45, 7) is 6.23. The molecule has 0 amide bonds. The van der Waals surface area contributed by atoms with Gasteiger partial charge in [-0.3, -0.25) is 10.1 Å². The van der Waals surface area contributed by atoms with Crippen LogP contribution in [0.2, 0.25) is 0 Å². The molecule has 1 N–H and O–H groups in total. The van der Waals surface area contributed by atoms with Gasteiger partial charge in [0.2, 0.25) is 15.8 Å². The zero-order valence-corrected chi connectivity index (χ0v) is 11.2. The summed E-state index contributed by atoms with van der Waals surface area (Å²) in [7, 11) is -3.96. The topological polar surface area (TPSA) is 89.3 Å². The predicted molar refractivity (Wildman–Crippen MR) is 67.8 cm³/mol. The summed E-state index contributed by atoms with van der Waals surface area (Å²) < 4.78 is 39.6. The Bertz CT molecular complexity index is 628. The summed E-state index contributed by atoms with van der Waals surface area (Å²) in [5.41, 5.74) is -0.979. The number of rotatable bonds is 5. The van der Waals surface area contributed by atoms with Crippen LogP contribution in [0.1, 0.15) is 12.5 Å². The zero-order valence-electron chi connectivity index (χ0n) is 10.4. The van der Waals surface area contributed by atoms with Crippen LogP contribution in [0.15, 0.2) is 29.7 Å². The van der Waals surface area contributed by atoms with E-state index in [0.717, 1.165) is 6.07 Å². The van der Waals surface area contributed by atoms with Gasteiger partial charge in [0, 0.05) is 12.1 Å². The van der Waals surface area contributed by atoms with Crippen molar-refractivity contribution in [1.82, 2.24) is 4.72 Å². The number of nitrogens with one attached hydrogen (secondary N) is 1. The quantitative estimate of drug-likeness (QED) is 0.509. The summed E-state index contributed by atoms with van der Waals surface area (Å²) in [5, 5.41) is 10.7. The molecule has 0 fully saturated rings. The summed E-state index contributed by atoms with van der Waals surface area (Å²) in [6.07, 6.45) is 1.36. The van der Waals surface area contributed by atoms with Crippen LogP contribution in [0.5, 0.6) is 0 Å². The van der Waals surface area contributed by atoms with Crippen LogP contribution in [0.25, 0.3) is 0 Å². The SMILES string of the molecule is C=CC(C)NS(=O)(=O)c1cc(C)c(F)c([N+](=O)[O-])c1. The van der Waals surface area contributed by atoms with E-state index < -0.39 is 32.5 Å². The van der Waals surface area contributed by atoms with Crippen LogP contribution < -0.4 is 4.72 Å². The van der Waals surface area contributed by atoms with Crippen LogP contribution in [0.4, 0.5) is 10.1 Å². The molecule has 19 heavy (non-hydrogen) atoms. The maximum Gasteiger partial charge on any atom is 0.306 e. The third-order valence-electron chi connectivity index (χ3n) is 2.41. The number of hydrogen-bond acceptors (Lipinski definition) is 4. The van der Waals surface area contributed by atoms with Crippen molar-refractivity contribution in [2.24, 2.45) is 0 Å². The molecule has 0 aliphatic carbocycles. The molecule has 8 heteroatoms. The Morgan fingerprint density at radius 3 is 2.58 bits per heavy atom. The van der Waals surface area contributed by atoms with Gasteiger partial charge in [0.15, 0.2) is 0 Å². The van der Waals surface area contributed by atoms with E-state index in [-0.39, 0.29) is 10.5 Å². The van der Waals surface area contributed by atoms with Crippen molar-refractivity contribution in [2.45, 2.75) is 24.8 Å². The Balaban J connectivity index is 3.36. The van der Waals surface area contributed by atoms with Gasteiger partial charge in [0.25, 0.3) is 0 Å². The summed E-state index contributed by atoms with van der Waals surface area (Å²) in [6, 6.07) is 1.19. The van der Waals surface area contributed by atoms with Crippen LogP contribution >= 0.6 is 0 Å². The van der Waals surface area contributed by atoms with Crippen molar-refractivity contribution in [3.63, 3.8) is 0 Å². The first-order valence-corrected chi connectivity index (χ1v) is 6.76. The molecular weight excluding hydrogens is 275 g/mol. The van der Waals surface area contributed by atoms with Gasteiger partial charge in [-0.2, -0.15) is 4.39 Å². The highest BCUT2D eigenvalue weighted by Gasteiger charge is 2.24. The Morgan fingerprint density at radius 2 is 2.11 bits per heavy atom. The number of sulfonamides is 1. The van der Waals surface area contributed by atoms with Crippen molar-refractivity contribution in [3.05, 3.63) is 46.3 Å². The average Bonchev–Trinajstić information content (AvgIpc) is 2.31. The number of aryl methyl sites for hydroxylation is 1. The number of nitrogens with zero attached hydrogens (tertiary/aromatic N) is 1. The minimum absolute atomic E-state index is 0.110. The molecule has 0 aliphatic heterocycles. The summed E-state index contributed by atoms with van der Waals surface area (Å²) in [5.74, 6) is -1.04. The summed E-state index contributed by atoms with van der Waals surface area (Å²) in [4.78, 5) is 9.35.